The van der Waals surface area contributed by atoms with Crippen LogP contribution in [0.3, 0.4) is 0 Å². The second kappa shape index (κ2) is 9.17. The third-order valence-electron chi connectivity index (χ3n) is 3.52. The van der Waals surface area contributed by atoms with Gasteiger partial charge in [-0.2, -0.15) is 0 Å². The van der Waals surface area contributed by atoms with E-state index in [-0.39, 0.29) is 11.4 Å². The lowest BCUT2D eigenvalue weighted by molar-refractivity contribution is -0.142. The van der Waals surface area contributed by atoms with Crippen LogP contribution in [0.4, 0.5) is 0 Å². The van der Waals surface area contributed by atoms with Gasteiger partial charge in [0, 0.05) is 5.57 Å². The summed E-state index contributed by atoms with van der Waals surface area (Å²) in [6.45, 7) is 14.7. The highest BCUT2D eigenvalue weighted by Crippen LogP contribution is 2.25. The Balaban J connectivity index is 3.78. The summed E-state index contributed by atoms with van der Waals surface area (Å²) >= 11 is 0. The molecular weight excluding hydrogens is 236 g/mol. The fraction of sp³-hybridized carbons (Fsp3) is 0.824. The minimum atomic E-state index is -0.273. The quantitative estimate of drug-likeness (QED) is 0.312. The molecule has 2 heteroatoms. The van der Waals surface area contributed by atoms with Crippen LogP contribution in [0.5, 0.6) is 0 Å². The Kier molecular flexibility index (Phi) is 8.79. The van der Waals surface area contributed by atoms with E-state index in [0.717, 1.165) is 12.3 Å². The summed E-state index contributed by atoms with van der Waals surface area (Å²) in [6.07, 6.45) is 7.53. The molecule has 0 heterocycles. The van der Waals surface area contributed by atoms with Crippen molar-refractivity contribution in [2.24, 2.45) is 11.3 Å². The molecule has 19 heavy (non-hydrogen) atoms. The van der Waals surface area contributed by atoms with Crippen LogP contribution in [-0.2, 0) is 9.53 Å². The third-order valence-corrected chi connectivity index (χ3v) is 3.52. The van der Waals surface area contributed by atoms with Crippen LogP contribution in [0.25, 0.3) is 0 Å². The van der Waals surface area contributed by atoms with E-state index in [1.807, 2.05) is 0 Å². The van der Waals surface area contributed by atoms with Gasteiger partial charge in [-0.3, -0.25) is 0 Å². The van der Waals surface area contributed by atoms with Gasteiger partial charge < -0.3 is 4.74 Å². The van der Waals surface area contributed by atoms with E-state index in [1.54, 1.807) is 6.92 Å². The van der Waals surface area contributed by atoms with Crippen molar-refractivity contribution >= 4 is 5.97 Å². The molecule has 0 aromatic rings. The molecule has 0 aromatic carbocycles. The van der Waals surface area contributed by atoms with Crippen LogP contribution in [-0.4, -0.2) is 12.6 Å². The predicted molar refractivity (Wildman–Crippen MR) is 82.1 cm³/mol. The molecule has 0 spiro atoms. The first kappa shape index (κ1) is 18.2. The molecule has 0 N–H and O–H groups in total. The predicted octanol–water partition coefficient (Wildman–Crippen LogP) is 5.13. The van der Waals surface area contributed by atoms with Gasteiger partial charge in [-0.15, -0.1) is 0 Å². The lowest BCUT2D eigenvalue weighted by Crippen LogP contribution is -2.22. The van der Waals surface area contributed by atoms with Gasteiger partial charge in [0.2, 0.25) is 0 Å². The number of hydrogen-bond donors (Lipinski definition) is 0. The largest absolute Gasteiger partial charge is 0.462 e. The van der Waals surface area contributed by atoms with Crippen LogP contribution in [0, 0.1) is 11.3 Å². The Morgan fingerprint density at radius 2 is 1.89 bits per heavy atom. The van der Waals surface area contributed by atoms with Crippen molar-refractivity contribution in [3.05, 3.63) is 12.2 Å². The van der Waals surface area contributed by atoms with Crippen LogP contribution in [0.15, 0.2) is 12.2 Å². The molecule has 0 aliphatic heterocycles. The van der Waals surface area contributed by atoms with E-state index in [9.17, 15) is 4.79 Å². The third kappa shape index (κ3) is 9.75. The van der Waals surface area contributed by atoms with E-state index >= 15 is 0 Å². The Morgan fingerprint density at radius 1 is 1.26 bits per heavy atom. The van der Waals surface area contributed by atoms with Crippen LogP contribution in [0.2, 0.25) is 0 Å². The van der Waals surface area contributed by atoms with Gasteiger partial charge in [-0.25, -0.2) is 4.79 Å². The smallest absolute Gasteiger partial charge is 0.333 e. The van der Waals surface area contributed by atoms with Crippen LogP contribution in [0.1, 0.15) is 73.1 Å². The molecule has 0 aliphatic carbocycles. The highest BCUT2D eigenvalue weighted by Gasteiger charge is 2.20. The molecule has 0 aromatic heterocycles. The summed E-state index contributed by atoms with van der Waals surface area (Å²) in [6, 6.07) is 0. The summed E-state index contributed by atoms with van der Waals surface area (Å²) in [5.41, 5.74) is 0.545. The second-order valence-electron chi connectivity index (χ2n) is 6.66. The van der Waals surface area contributed by atoms with Crippen LogP contribution >= 0.6 is 0 Å². The number of unbranched alkanes of at least 4 members (excludes halogenated alkanes) is 1. The number of ether oxygens (including phenoxy) is 1. The maximum Gasteiger partial charge on any atom is 0.333 e. The molecular formula is C17H32O2. The van der Waals surface area contributed by atoms with Gasteiger partial charge in [-0.05, 0) is 24.7 Å². The monoisotopic (exact) mass is 268 g/mol. The number of hydrogen-bond acceptors (Lipinski definition) is 2. The first-order valence-electron chi connectivity index (χ1n) is 7.61. The second-order valence-corrected chi connectivity index (χ2v) is 6.66. The Hall–Kier alpha value is -0.790. The lowest BCUT2D eigenvalue weighted by atomic mass is 9.87. The van der Waals surface area contributed by atoms with E-state index in [2.05, 4.69) is 34.3 Å². The minimum absolute atomic E-state index is 0.0686. The topological polar surface area (TPSA) is 26.3 Å². The van der Waals surface area contributed by atoms with Crippen molar-refractivity contribution < 1.29 is 9.53 Å². The molecule has 0 fully saturated rings. The Bertz CT molecular complexity index is 279. The van der Waals surface area contributed by atoms with Gasteiger partial charge in [0.05, 0.1) is 6.61 Å². The minimum Gasteiger partial charge on any atom is -0.462 e. The SMILES string of the molecule is C=C(C)C(=O)OCC(C)(C)CCCCC(C)CCC. The van der Waals surface area contributed by atoms with Crippen molar-refractivity contribution in [3.8, 4) is 0 Å². The van der Waals surface area contributed by atoms with Gasteiger partial charge >= 0.3 is 5.97 Å². The van der Waals surface area contributed by atoms with Crippen LogP contribution < -0.4 is 0 Å². The zero-order chi connectivity index (χ0) is 14.9. The lowest BCUT2D eigenvalue weighted by Gasteiger charge is -2.24. The average Bonchev–Trinajstić information content (AvgIpc) is 2.32. The van der Waals surface area contributed by atoms with Crippen molar-refractivity contribution in [3.63, 3.8) is 0 Å². The summed E-state index contributed by atoms with van der Waals surface area (Å²) in [5, 5.41) is 0. The van der Waals surface area contributed by atoms with E-state index in [0.29, 0.717) is 12.2 Å². The Morgan fingerprint density at radius 3 is 2.42 bits per heavy atom. The standard InChI is InChI=1S/C17H32O2/c1-7-10-15(4)11-8-9-12-17(5,6)13-19-16(18)14(2)3/h15H,2,7-13H2,1,3-6H3. The van der Waals surface area contributed by atoms with Gasteiger partial charge in [0.15, 0.2) is 0 Å². The van der Waals surface area contributed by atoms with E-state index in [4.69, 9.17) is 4.74 Å². The maximum atomic E-state index is 11.4. The van der Waals surface area contributed by atoms with E-state index in [1.165, 1.54) is 32.1 Å². The summed E-state index contributed by atoms with van der Waals surface area (Å²) in [7, 11) is 0. The first-order valence-corrected chi connectivity index (χ1v) is 7.61. The molecule has 0 radical (unpaired) electrons. The molecule has 0 amide bonds. The summed E-state index contributed by atoms with van der Waals surface area (Å²) < 4.78 is 5.25. The molecule has 0 bridgehead atoms. The molecule has 0 saturated heterocycles. The van der Waals surface area contributed by atoms with Gasteiger partial charge in [0.25, 0.3) is 0 Å². The highest BCUT2D eigenvalue weighted by atomic mass is 16.5. The highest BCUT2D eigenvalue weighted by molar-refractivity contribution is 5.86. The fourth-order valence-corrected chi connectivity index (χ4v) is 2.19. The number of esters is 1. The average molecular weight is 268 g/mol. The molecule has 1 atom stereocenters. The summed E-state index contributed by atoms with van der Waals surface area (Å²) in [4.78, 5) is 11.4. The normalized spacial score (nSPS) is 13.1. The maximum absolute atomic E-state index is 11.4. The Labute approximate surface area is 119 Å². The fourth-order valence-electron chi connectivity index (χ4n) is 2.19. The van der Waals surface area contributed by atoms with Gasteiger partial charge in [0.1, 0.15) is 0 Å². The molecule has 2 nitrogen and oxygen atoms in total. The van der Waals surface area contributed by atoms with E-state index < -0.39 is 0 Å². The molecule has 112 valence electrons. The summed E-state index contributed by atoms with van der Waals surface area (Å²) in [5.74, 6) is 0.569. The van der Waals surface area contributed by atoms with Crippen molar-refractivity contribution in [1.82, 2.24) is 0 Å². The number of rotatable bonds is 10. The zero-order valence-electron chi connectivity index (χ0n) is 13.6. The molecule has 0 rings (SSSR count). The van der Waals surface area contributed by atoms with Gasteiger partial charge in [-0.1, -0.05) is 66.4 Å². The zero-order valence-corrected chi connectivity index (χ0v) is 13.6. The molecule has 0 saturated carbocycles. The molecule has 0 aliphatic rings. The first-order chi connectivity index (χ1) is 8.78. The number of carbonyl (C=O) groups excluding carboxylic acids is 1. The molecule has 1 unspecified atom stereocenters. The number of carbonyl (C=O) groups is 1. The van der Waals surface area contributed by atoms with Crippen molar-refractivity contribution in [2.75, 3.05) is 6.61 Å². The van der Waals surface area contributed by atoms with Crippen molar-refractivity contribution in [1.29, 1.82) is 0 Å². The van der Waals surface area contributed by atoms with Crippen molar-refractivity contribution in [2.45, 2.75) is 73.1 Å².